The predicted octanol–water partition coefficient (Wildman–Crippen LogP) is 1.34. The number of aromatic nitrogens is 1. The lowest BCUT2D eigenvalue weighted by molar-refractivity contribution is 0.621. The molecule has 0 amide bonds. The van der Waals surface area contributed by atoms with E-state index in [-0.39, 0.29) is 5.82 Å². The molecule has 0 saturated heterocycles. The summed E-state index contributed by atoms with van der Waals surface area (Å²) in [7, 11) is 0. The summed E-state index contributed by atoms with van der Waals surface area (Å²) in [5.74, 6) is -0.00566. The Kier molecular flexibility index (Phi) is 3.37. The first kappa shape index (κ1) is 9.64. The van der Waals surface area contributed by atoms with E-state index in [2.05, 4.69) is 9.98 Å². The zero-order valence-electron chi connectivity index (χ0n) is 7.50. The Morgan fingerprint density at radius 2 is 2.38 bits per heavy atom. The van der Waals surface area contributed by atoms with Crippen molar-refractivity contribution in [3.8, 4) is 0 Å². The number of pyridine rings is 1. The topological polar surface area (TPSA) is 51.3 Å². The smallest absolute Gasteiger partial charge is 0.144 e. The van der Waals surface area contributed by atoms with Crippen LogP contribution in [0.3, 0.4) is 0 Å². The number of aliphatic imine (C=N–C) groups is 1. The third-order valence-electron chi connectivity index (χ3n) is 1.50. The van der Waals surface area contributed by atoms with Crippen LogP contribution >= 0.6 is 0 Å². The Morgan fingerprint density at radius 3 is 2.92 bits per heavy atom. The van der Waals surface area contributed by atoms with E-state index in [4.69, 9.17) is 5.73 Å². The van der Waals surface area contributed by atoms with Crippen LogP contribution in [0.1, 0.15) is 19.0 Å². The van der Waals surface area contributed by atoms with Gasteiger partial charge in [0.2, 0.25) is 0 Å². The van der Waals surface area contributed by atoms with Crippen molar-refractivity contribution in [2.45, 2.75) is 13.3 Å². The van der Waals surface area contributed by atoms with E-state index in [9.17, 15) is 4.39 Å². The Morgan fingerprint density at radius 1 is 1.62 bits per heavy atom. The molecule has 0 saturated carbocycles. The van der Waals surface area contributed by atoms with Gasteiger partial charge < -0.3 is 5.73 Å². The monoisotopic (exact) mass is 181 g/mol. The van der Waals surface area contributed by atoms with E-state index in [1.54, 1.807) is 0 Å². The number of rotatable bonds is 3. The van der Waals surface area contributed by atoms with Crippen LogP contribution in [-0.4, -0.2) is 17.4 Å². The molecule has 0 fully saturated rings. The Balaban J connectivity index is 2.77. The van der Waals surface area contributed by atoms with Gasteiger partial charge in [0.05, 0.1) is 6.20 Å². The van der Waals surface area contributed by atoms with Gasteiger partial charge in [0, 0.05) is 6.54 Å². The average Bonchev–Trinajstić information content (AvgIpc) is 2.15. The molecular formula is C9H12FN3. The number of hydrogen-bond acceptors (Lipinski definition) is 2. The Labute approximate surface area is 76.5 Å². The highest BCUT2D eigenvalue weighted by molar-refractivity contribution is 5.95. The molecule has 0 radical (unpaired) electrons. The molecule has 1 rings (SSSR count). The van der Waals surface area contributed by atoms with Gasteiger partial charge in [-0.3, -0.25) is 4.99 Å². The summed E-state index contributed by atoms with van der Waals surface area (Å²) in [6.45, 7) is 2.68. The van der Waals surface area contributed by atoms with Crippen molar-refractivity contribution in [2.75, 3.05) is 6.54 Å². The number of nitrogens with zero attached hydrogens (tertiary/aromatic N) is 2. The van der Waals surface area contributed by atoms with Crippen molar-refractivity contribution in [3.05, 3.63) is 29.8 Å². The second kappa shape index (κ2) is 4.54. The van der Waals surface area contributed by atoms with Crippen molar-refractivity contribution < 1.29 is 4.39 Å². The van der Waals surface area contributed by atoms with Crippen molar-refractivity contribution in [1.82, 2.24) is 4.98 Å². The normalized spacial score (nSPS) is 11.7. The number of amidine groups is 1. The van der Waals surface area contributed by atoms with Crippen molar-refractivity contribution in [2.24, 2.45) is 10.7 Å². The molecule has 0 spiro atoms. The fraction of sp³-hybridized carbons (Fsp3) is 0.333. The van der Waals surface area contributed by atoms with Crippen LogP contribution < -0.4 is 5.73 Å². The van der Waals surface area contributed by atoms with Crippen molar-refractivity contribution in [1.29, 1.82) is 0 Å². The van der Waals surface area contributed by atoms with Crippen molar-refractivity contribution in [3.63, 3.8) is 0 Å². The summed E-state index contributed by atoms with van der Waals surface area (Å²) < 4.78 is 12.5. The second-order valence-corrected chi connectivity index (χ2v) is 2.63. The number of nitrogens with two attached hydrogens (primary N) is 1. The zero-order valence-corrected chi connectivity index (χ0v) is 7.50. The largest absolute Gasteiger partial charge is 0.382 e. The minimum absolute atomic E-state index is 0.363. The lowest BCUT2D eigenvalue weighted by Crippen LogP contribution is -2.15. The molecule has 0 aliphatic carbocycles. The van der Waals surface area contributed by atoms with Crippen LogP contribution in [0.2, 0.25) is 0 Å². The summed E-state index contributed by atoms with van der Waals surface area (Å²) in [5, 5.41) is 0. The highest BCUT2D eigenvalue weighted by Crippen LogP contribution is 1.97. The molecule has 2 N–H and O–H groups in total. The molecule has 70 valence electrons. The first-order valence-corrected chi connectivity index (χ1v) is 4.16. The predicted molar refractivity (Wildman–Crippen MR) is 50.1 cm³/mol. The van der Waals surface area contributed by atoms with Crippen LogP contribution in [0.4, 0.5) is 4.39 Å². The third-order valence-corrected chi connectivity index (χ3v) is 1.50. The van der Waals surface area contributed by atoms with Crippen LogP contribution in [0.25, 0.3) is 0 Å². The fourth-order valence-electron chi connectivity index (χ4n) is 0.841. The lowest BCUT2D eigenvalue weighted by atomic mass is 10.3. The maximum atomic E-state index is 12.5. The van der Waals surface area contributed by atoms with Gasteiger partial charge in [-0.15, -0.1) is 0 Å². The Hall–Kier alpha value is -1.45. The van der Waals surface area contributed by atoms with E-state index in [0.717, 1.165) is 12.6 Å². The van der Waals surface area contributed by atoms with Gasteiger partial charge >= 0.3 is 0 Å². The van der Waals surface area contributed by atoms with Gasteiger partial charge in [0.15, 0.2) is 0 Å². The van der Waals surface area contributed by atoms with E-state index < -0.39 is 0 Å². The van der Waals surface area contributed by atoms with Crippen LogP contribution in [0, 0.1) is 5.82 Å². The van der Waals surface area contributed by atoms with E-state index in [1.807, 2.05) is 6.92 Å². The molecular weight excluding hydrogens is 169 g/mol. The molecule has 0 aliphatic heterocycles. The Bertz CT molecular complexity index is 292. The molecule has 0 bridgehead atoms. The van der Waals surface area contributed by atoms with Gasteiger partial charge in [-0.05, 0) is 18.6 Å². The molecule has 1 heterocycles. The van der Waals surface area contributed by atoms with Gasteiger partial charge in [-0.25, -0.2) is 9.37 Å². The van der Waals surface area contributed by atoms with E-state index in [1.165, 1.54) is 12.1 Å². The molecule has 4 heteroatoms. The molecule has 0 unspecified atom stereocenters. The summed E-state index contributed by atoms with van der Waals surface area (Å²) >= 11 is 0. The zero-order chi connectivity index (χ0) is 9.68. The minimum atomic E-state index is -0.368. The fourth-order valence-corrected chi connectivity index (χ4v) is 0.841. The van der Waals surface area contributed by atoms with Gasteiger partial charge in [-0.2, -0.15) is 0 Å². The molecule has 0 atom stereocenters. The average molecular weight is 181 g/mol. The van der Waals surface area contributed by atoms with Gasteiger partial charge in [0.1, 0.15) is 17.3 Å². The number of halogens is 1. The molecule has 13 heavy (non-hydrogen) atoms. The summed E-state index contributed by atoms with van der Waals surface area (Å²) in [6.07, 6.45) is 2.06. The molecule has 3 nitrogen and oxygen atoms in total. The summed E-state index contributed by atoms with van der Waals surface area (Å²) in [4.78, 5) is 7.85. The van der Waals surface area contributed by atoms with Crippen molar-refractivity contribution >= 4 is 5.84 Å². The summed E-state index contributed by atoms with van der Waals surface area (Å²) in [5.41, 5.74) is 6.12. The lowest BCUT2D eigenvalue weighted by Gasteiger charge is -1.98. The number of hydrogen-bond donors (Lipinski definition) is 1. The molecule has 1 aromatic heterocycles. The summed E-state index contributed by atoms with van der Waals surface area (Å²) in [6, 6.07) is 2.83. The molecule has 0 aliphatic rings. The first-order chi connectivity index (χ1) is 6.24. The molecule has 0 aromatic carbocycles. The van der Waals surface area contributed by atoms with Crippen LogP contribution in [0.15, 0.2) is 23.3 Å². The van der Waals surface area contributed by atoms with E-state index in [0.29, 0.717) is 18.1 Å². The van der Waals surface area contributed by atoms with Gasteiger partial charge in [-0.1, -0.05) is 6.92 Å². The minimum Gasteiger partial charge on any atom is -0.382 e. The standard InChI is InChI=1S/C9H12FN3/c1-2-5-12-9(11)8-4-3-7(10)6-13-8/h3-4,6H,2,5H2,1H3,(H2,11,12). The third kappa shape index (κ3) is 2.82. The maximum Gasteiger partial charge on any atom is 0.144 e. The quantitative estimate of drug-likeness (QED) is 0.565. The SMILES string of the molecule is CCCN=C(N)c1ccc(F)cn1. The highest BCUT2D eigenvalue weighted by atomic mass is 19.1. The highest BCUT2D eigenvalue weighted by Gasteiger charge is 1.98. The first-order valence-electron chi connectivity index (χ1n) is 4.16. The molecule has 1 aromatic rings. The van der Waals surface area contributed by atoms with Crippen LogP contribution in [-0.2, 0) is 0 Å². The van der Waals surface area contributed by atoms with Gasteiger partial charge in [0.25, 0.3) is 0 Å². The van der Waals surface area contributed by atoms with E-state index >= 15 is 0 Å². The van der Waals surface area contributed by atoms with Crippen LogP contribution in [0.5, 0.6) is 0 Å². The second-order valence-electron chi connectivity index (χ2n) is 2.63. The maximum absolute atomic E-state index is 12.5.